The predicted octanol–water partition coefficient (Wildman–Crippen LogP) is 3.28. The number of carbonyl (C=O) groups excluding carboxylic acids is 2. The highest BCUT2D eigenvalue weighted by molar-refractivity contribution is 7.12. The van der Waals surface area contributed by atoms with Crippen LogP contribution in [0.1, 0.15) is 42.9 Å². The van der Waals surface area contributed by atoms with E-state index in [4.69, 9.17) is 4.74 Å². The van der Waals surface area contributed by atoms with Crippen LogP contribution in [-0.4, -0.2) is 24.6 Å². The third-order valence-corrected chi connectivity index (χ3v) is 3.07. The Morgan fingerprint density at radius 2 is 1.95 bits per heavy atom. The summed E-state index contributed by atoms with van der Waals surface area (Å²) in [5, 5.41) is 1.79. The molecule has 0 atom stereocenters. The summed E-state index contributed by atoms with van der Waals surface area (Å²) in [6.07, 6.45) is 1.63. The first-order valence-corrected chi connectivity index (χ1v) is 6.70. The Morgan fingerprint density at radius 3 is 2.47 bits per heavy atom. The van der Waals surface area contributed by atoms with Crippen LogP contribution in [0.3, 0.4) is 0 Å². The Bertz CT molecular complexity index is 506. The molecule has 0 spiro atoms. The van der Waals surface area contributed by atoms with Gasteiger partial charge in [-0.25, -0.2) is 9.59 Å². The molecule has 0 fully saturated rings. The number of hydrogen-bond acceptors (Lipinski definition) is 5. The van der Waals surface area contributed by atoms with Crippen LogP contribution in [0.5, 0.6) is 0 Å². The number of esters is 2. The fourth-order valence-corrected chi connectivity index (χ4v) is 2.13. The zero-order valence-corrected chi connectivity index (χ0v) is 12.6. The number of rotatable bonds is 3. The van der Waals surface area contributed by atoms with Gasteiger partial charge in [0.25, 0.3) is 0 Å². The van der Waals surface area contributed by atoms with Crippen molar-refractivity contribution in [3.8, 4) is 0 Å². The van der Waals surface area contributed by atoms with Crippen molar-refractivity contribution < 1.29 is 19.1 Å². The highest BCUT2D eigenvalue weighted by Crippen LogP contribution is 2.23. The van der Waals surface area contributed by atoms with Crippen LogP contribution < -0.4 is 0 Å². The topological polar surface area (TPSA) is 52.6 Å². The molecule has 1 aromatic heterocycles. The lowest BCUT2D eigenvalue weighted by Crippen LogP contribution is -2.23. The maximum Gasteiger partial charge on any atom is 0.349 e. The molecule has 0 aliphatic rings. The van der Waals surface area contributed by atoms with Crippen molar-refractivity contribution in [1.82, 2.24) is 0 Å². The van der Waals surface area contributed by atoms with Crippen molar-refractivity contribution in [2.75, 3.05) is 7.11 Å². The average Bonchev–Trinajstić information content (AvgIpc) is 2.73. The molecule has 19 heavy (non-hydrogen) atoms. The molecular weight excluding hydrogens is 264 g/mol. The van der Waals surface area contributed by atoms with E-state index in [1.54, 1.807) is 24.4 Å². The van der Waals surface area contributed by atoms with E-state index in [1.165, 1.54) is 18.4 Å². The van der Waals surface area contributed by atoms with E-state index in [0.29, 0.717) is 16.0 Å². The molecule has 1 aromatic rings. The number of ether oxygens (including phenoxy) is 2. The summed E-state index contributed by atoms with van der Waals surface area (Å²) in [5.41, 5.74) is 0.562. The van der Waals surface area contributed by atoms with Gasteiger partial charge in [-0.1, -0.05) is 0 Å². The monoisotopic (exact) mass is 282 g/mol. The van der Waals surface area contributed by atoms with E-state index in [0.717, 1.165) is 0 Å². The van der Waals surface area contributed by atoms with Crippen LogP contribution in [0.2, 0.25) is 0 Å². The minimum Gasteiger partial charge on any atom is -0.466 e. The third-order valence-electron chi connectivity index (χ3n) is 2.16. The Morgan fingerprint density at radius 1 is 1.32 bits per heavy atom. The van der Waals surface area contributed by atoms with E-state index in [9.17, 15) is 9.59 Å². The first-order valence-electron chi connectivity index (χ1n) is 5.82. The lowest BCUT2D eigenvalue weighted by atomic mass is 10.1. The van der Waals surface area contributed by atoms with Crippen LogP contribution in [0.4, 0.5) is 0 Å². The molecule has 0 amide bonds. The van der Waals surface area contributed by atoms with E-state index < -0.39 is 11.6 Å². The lowest BCUT2D eigenvalue weighted by Gasteiger charge is -2.19. The van der Waals surface area contributed by atoms with Gasteiger partial charge in [0.1, 0.15) is 10.5 Å². The molecule has 0 aliphatic heterocycles. The van der Waals surface area contributed by atoms with Crippen LogP contribution in [0.25, 0.3) is 6.08 Å². The fourth-order valence-electron chi connectivity index (χ4n) is 1.38. The average molecular weight is 282 g/mol. The van der Waals surface area contributed by atoms with Crippen LogP contribution >= 0.6 is 11.3 Å². The Balaban J connectivity index is 2.99. The van der Waals surface area contributed by atoms with Crippen molar-refractivity contribution in [3.63, 3.8) is 0 Å². The lowest BCUT2D eigenvalue weighted by molar-refractivity contribution is -0.135. The summed E-state index contributed by atoms with van der Waals surface area (Å²) in [4.78, 5) is 23.8. The van der Waals surface area contributed by atoms with Gasteiger partial charge in [0.15, 0.2) is 0 Å². The third kappa shape index (κ3) is 4.52. The molecule has 1 heterocycles. The minimum absolute atomic E-state index is 0.383. The van der Waals surface area contributed by atoms with Crippen LogP contribution in [0, 0.1) is 0 Å². The number of thiophene rings is 1. The van der Waals surface area contributed by atoms with Gasteiger partial charge in [-0.3, -0.25) is 0 Å². The molecule has 0 aromatic carbocycles. The second-order valence-corrected chi connectivity index (χ2v) is 5.94. The van der Waals surface area contributed by atoms with Crippen molar-refractivity contribution >= 4 is 29.4 Å². The quantitative estimate of drug-likeness (QED) is 0.630. The van der Waals surface area contributed by atoms with E-state index in [1.807, 2.05) is 20.8 Å². The number of methoxy groups -OCH3 is 1. The molecule has 0 bridgehead atoms. The number of hydrogen-bond donors (Lipinski definition) is 0. The van der Waals surface area contributed by atoms with E-state index in [2.05, 4.69) is 4.74 Å². The maximum absolute atomic E-state index is 12.0. The van der Waals surface area contributed by atoms with Crippen LogP contribution in [0.15, 0.2) is 17.0 Å². The second kappa shape index (κ2) is 6.02. The first kappa shape index (κ1) is 15.4. The summed E-state index contributed by atoms with van der Waals surface area (Å²) >= 11 is 1.29. The van der Waals surface area contributed by atoms with Gasteiger partial charge >= 0.3 is 11.9 Å². The molecule has 4 nitrogen and oxygen atoms in total. The molecule has 0 radical (unpaired) electrons. The summed E-state index contributed by atoms with van der Waals surface area (Å²) in [6.45, 7) is 7.08. The maximum atomic E-state index is 12.0. The Hall–Kier alpha value is -1.62. The molecule has 1 rings (SSSR count). The summed E-state index contributed by atoms with van der Waals surface area (Å²) in [6, 6.07) is 1.77. The van der Waals surface area contributed by atoms with Crippen molar-refractivity contribution in [1.29, 1.82) is 0 Å². The number of carbonyl (C=O) groups is 2. The van der Waals surface area contributed by atoms with Gasteiger partial charge in [0.2, 0.25) is 0 Å². The van der Waals surface area contributed by atoms with Crippen LogP contribution in [-0.2, 0) is 14.3 Å². The smallest absolute Gasteiger partial charge is 0.349 e. The predicted molar refractivity (Wildman–Crippen MR) is 75.2 cm³/mol. The van der Waals surface area contributed by atoms with Crippen molar-refractivity contribution in [3.05, 3.63) is 27.5 Å². The Labute approximate surface area is 117 Å². The van der Waals surface area contributed by atoms with E-state index in [-0.39, 0.29) is 5.97 Å². The van der Waals surface area contributed by atoms with Gasteiger partial charge in [-0.15, -0.1) is 11.3 Å². The van der Waals surface area contributed by atoms with Crippen molar-refractivity contribution in [2.24, 2.45) is 0 Å². The van der Waals surface area contributed by atoms with Gasteiger partial charge < -0.3 is 9.47 Å². The normalized spacial score (nSPS) is 12.2. The summed E-state index contributed by atoms with van der Waals surface area (Å²) in [5.74, 6) is -0.798. The van der Waals surface area contributed by atoms with Gasteiger partial charge in [0, 0.05) is 11.1 Å². The molecular formula is C14H18O4S. The standard InChI is InChI=1S/C14H18O4S/c1-9(12(15)17-5)8-10-6-7-19-11(10)13(16)18-14(2,3)4/h6-8H,1-5H3/b9-8+. The first-order chi connectivity index (χ1) is 8.74. The van der Waals surface area contributed by atoms with E-state index >= 15 is 0 Å². The largest absolute Gasteiger partial charge is 0.466 e. The highest BCUT2D eigenvalue weighted by atomic mass is 32.1. The highest BCUT2D eigenvalue weighted by Gasteiger charge is 2.21. The minimum atomic E-state index is -0.542. The zero-order valence-electron chi connectivity index (χ0n) is 11.8. The summed E-state index contributed by atoms with van der Waals surface area (Å²) in [7, 11) is 1.32. The molecule has 5 heteroatoms. The van der Waals surface area contributed by atoms with Gasteiger partial charge in [0.05, 0.1) is 7.11 Å². The molecule has 0 aliphatic carbocycles. The fraction of sp³-hybridized carbons (Fsp3) is 0.429. The van der Waals surface area contributed by atoms with Crippen molar-refractivity contribution in [2.45, 2.75) is 33.3 Å². The molecule has 0 N–H and O–H groups in total. The van der Waals surface area contributed by atoms with Gasteiger partial charge in [-0.2, -0.15) is 0 Å². The van der Waals surface area contributed by atoms with Gasteiger partial charge in [-0.05, 0) is 45.2 Å². The molecule has 0 saturated heterocycles. The summed E-state index contributed by atoms with van der Waals surface area (Å²) < 4.78 is 9.94. The Kier molecular flexibility index (Phi) is 4.89. The second-order valence-electron chi connectivity index (χ2n) is 5.03. The molecule has 104 valence electrons. The molecule has 0 unspecified atom stereocenters. The molecule has 0 saturated carbocycles. The SMILES string of the molecule is COC(=O)/C(C)=C/c1ccsc1C(=O)OC(C)(C)C. The zero-order chi connectivity index (χ0) is 14.6.